The SMILES string of the molecule is CC(C)OC(=O)C(N)C(=O)C1CCCCC1.Cl. The summed E-state index contributed by atoms with van der Waals surface area (Å²) in [6.07, 6.45) is 4.79. The van der Waals surface area contributed by atoms with Crippen molar-refractivity contribution in [1.82, 2.24) is 0 Å². The standard InChI is InChI=1S/C12H21NO3.ClH/c1-8(2)16-12(15)10(13)11(14)9-6-4-3-5-7-9;/h8-10H,3-7,13H2,1-2H3;1H. The minimum atomic E-state index is -1.09. The largest absolute Gasteiger partial charge is 0.461 e. The fourth-order valence-electron chi connectivity index (χ4n) is 2.06. The summed E-state index contributed by atoms with van der Waals surface area (Å²) in [6.45, 7) is 3.49. The zero-order chi connectivity index (χ0) is 12.1. The molecule has 0 amide bonds. The second-order valence-electron chi connectivity index (χ2n) is 4.70. The molecule has 5 heteroatoms. The van der Waals surface area contributed by atoms with Crippen LogP contribution in [0.1, 0.15) is 46.0 Å². The third-order valence-electron chi connectivity index (χ3n) is 2.92. The Morgan fingerprint density at radius 2 is 1.71 bits per heavy atom. The summed E-state index contributed by atoms with van der Waals surface area (Å²) in [6, 6.07) is -1.09. The Balaban J connectivity index is 0.00000256. The number of rotatable bonds is 4. The summed E-state index contributed by atoms with van der Waals surface area (Å²) in [5, 5.41) is 0. The molecule has 0 aromatic carbocycles. The van der Waals surface area contributed by atoms with Gasteiger partial charge in [0.25, 0.3) is 0 Å². The van der Waals surface area contributed by atoms with E-state index in [2.05, 4.69) is 0 Å². The molecule has 0 bridgehead atoms. The van der Waals surface area contributed by atoms with E-state index in [0.717, 1.165) is 25.7 Å². The van der Waals surface area contributed by atoms with Crippen molar-refractivity contribution in [2.75, 3.05) is 0 Å². The van der Waals surface area contributed by atoms with Crippen molar-refractivity contribution in [3.05, 3.63) is 0 Å². The van der Waals surface area contributed by atoms with Gasteiger partial charge >= 0.3 is 5.97 Å². The summed E-state index contributed by atoms with van der Waals surface area (Å²) in [5.41, 5.74) is 5.62. The van der Waals surface area contributed by atoms with Crippen LogP contribution in [0.5, 0.6) is 0 Å². The highest BCUT2D eigenvalue weighted by Gasteiger charge is 2.31. The first-order valence-electron chi connectivity index (χ1n) is 6.02. The first-order valence-corrected chi connectivity index (χ1v) is 6.02. The van der Waals surface area contributed by atoms with E-state index >= 15 is 0 Å². The Morgan fingerprint density at radius 1 is 1.18 bits per heavy atom. The van der Waals surface area contributed by atoms with Crippen LogP contribution < -0.4 is 5.73 Å². The molecule has 0 saturated heterocycles. The van der Waals surface area contributed by atoms with Crippen molar-refractivity contribution in [3.63, 3.8) is 0 Å². The van der Waals surface area contributed by atoms with E-state index in [9.17, 15) is 9.59 Å². The van der Waals surface area contributed by atoms with E-state index < -0.39 is 12.0 Å². The van der Waals surface area contributed by atoms with Gasteiger partial charge in [-0.15, -0.1) is 12.4 Å². The topological polar surface area (TPSA) is 69.4 Å². The first kappa shape index (κ1) is 16.4. The molecule has 0 radical (unpaired) electrons. The molecule has 0 aromatic heterocycles. The molecule has 0 spiro atoms. The van der Waals surface area contributed by atoms with Gasteiger partial charge in [-0.05, 0) is 26.7 Å². The van der Waals surface area contributed by atoms with E-state index in [0.29, 0.717) is 0 Å². The minimum absolute atomic E-state index is 0. The monoisotopic (exact) mass is 263 g/mol. The predicted octanol–water partition coefficient (Wildman–Crippen LogP) is 1.84. The summed E-state index contributed by atoms with van der Waals surface area (Å²) < 4.78 is 4.94. The van der Waals surface area contributed by atoms with Gasteiger partial charge in [-0.2, -0.15) is 0 Å². The van der Waals surface area contributed by atoms with Crippen LogP contribution >= 0.6 is 12.4 Å². The number of hydrogen-bond donors (Lipinski definition) is 1. The lowest BCUT2D eigenvalue weighted by Gasteiger charge is -2.23. The highest BCUT2D eigenvalue weighted by Crippen LogP contribution is 2.25. The van der Waals surface area contributed by atoms with Crippen LogP contribution in [-0.4, -0.2) is 23.9 Å². The molecular formula is C12H22ClNO3. The Labute approximate surface area is 109 Å². The Bertz CT molecular complexity index is 262. The fourth-order valence-corrected chi connectivity index (χ4v) is 2.06. The van der Waals surface area contributed by atoms with Crippen LogP contribution in [0.3, 0.4) is 0 Å². The van der Waals surface area contributed by atoms with Crippen LogP contribution in [-0.2, 0) is 14.3 Å². The molecule has 17 heavy (non-hydrogen) atoms. The van der Waals surface area contributed by atoms with Crippen molar-refractivity contribution in [3.8, 4) is 0 Å². The number of hydrogen-bond acceptors (Lipinski definition) is 4. The molecule has 1 saturated carbocycles. The van der Waals surface area contributed by atoms with E-state index in [-0.39, 0.29) is 30.2 Å². The van der Waals surface area contributed by atoms with E-state index in [1.807, 2.05) is 0 Å². The maximum Gasteiger partial charge on any atom is 0.330 e. The molecule has 1 fully saturated rings. The lowest BCUT2D eigenvalue weighted by Crippen LogP contribution is -2.44. The van der Waals surface area contributed by atoms with Gasteiger partial charge in [-0.1, -0.05) is 19.3 Å². The zero-order valence-electron chi connectivity index (χ0n) is 10.5. The lowest BCUT2D eigenvalue weighted by atomic mass is 9.84. The molecule has 1 atom stereocenters. The third-order valence-corrected chi connectivity index (χ3v) is 2.92. The Hall–Kier alpha value is -0.610. The van der Waals surface area contributed by atoms with Gasteiger partial charge in [-0.3, -0.25) is 4.79 Å². The minimum Gasteiger partial charge on any atom is -0.461 e. The zero-order valence-corrected chi connectivity index (χ0v) is 11.3. The van der Waals surface area contributed by atoms with Gasteiger partial charge < -0.3 is 10.5 Å². The molecule has 2 N–H and O–H groups in total. The van der Waals surface area contributed by atoms with E-state index in [4.69, 9.17) is 10.5 Å². The van der Waals surface area contributed by atoms with Crippen molar-refractivity contribution in [1.29, 1.82) is 0 Å². The van der Waals surface area contributed by atoms with Gasteiger partial charge in [0, 0.05) is 5.92 Å². The number of halogens is 1. The number of carbonyl (C=O) groups excluding carboxylic acids is 2. The Kier molecular flexibility index (Phi) is 7.39. The maximum absolute atomic E-state index is 11.9. The highest BCUT2D eigenvalue weighted by atomic mass is 35.5. The highest BCUT2D eigenvalue weighted by molar-refractivity contribution is 6.03. The molecule has 0 heterocycles. The molecule has 1 unspecified atom stereocenters. The molecule has 1 aliphatic carbocycles. The van der Waals surface area contributed by atoms with Crippen LogP contribution in [0, 0.1) is 5.92 Å². The number of Topliss-reactive ketones (excluding diaryl/α,β-unsaturated/α-hetero) is 1. The van der Waals surface area contributed by atoms with E-state index in [1.165, 1.54) is 6.42 Å². The average Bonchev–Trinajstić information content (AvgIpc) is 2.27. The molecular weight excluding hydrogens is 242 g/mol. The smallest absolute Gasteiger partial charge is 0.330 e. The number of nitrogens with two attached hydrogens (primary N) is 1. The molecule has 1 rings (SSSR count). The second-order valence-corrected chi connectivity index (χ2v) is 4.70. The second kappa shape index (κ2) is 7.67. The van der Waals surface area contributed by atoms with Gasteiger partial charge in [0.15, 0.2) is 11.8 Å². The lowest BCUT2D eigenvalue weighted by molar-refractivity contribution is -0.152. The predicted molar refractivity (Wildman–Crippen MR) is 68.0 cm³/mol. The van der Waals surface area contributed by atoms with Crippen LogP contribution in [0.15, 0.2) is 0 Å². The van der Waals surface area contributed by atoms with Gasteiger partial charge in [0.1, 0.15) is 0 Å². The van der Waals surface area contributed by atoms with Gasteiger partial charge in [0.2, 0.25) is 0 Å². The van der Waals surface area contributed by atoms with Crippen molar-refractivity contribution in [2.24, 2.45) is 11.7 Å². The molecule has 0 aliphatic heterocycles. The number of ketones is 1. The van der Waals surface area contributed by atoms with Crippen LogP contribution in [0.4, 0.5) is 0 Å². The number of ether oxygens (including phenoxy) is 1. The number of carbonyl (C=O) groups is 2. The molecule has 1 aliphatic rings. The van der Waals surface area contributed by atoms with Crippen LogP contribution in [0.2, 0.25) is 0 Å². The van der Waals surface area contributed by atoms with Gasteiger partial charge in [-0.25, -0.2) is 4.79 Å². The normalized spacial score (nSPS) is 18.4. The average molecular weight is 264 g/mol. The van der Waals surface area contributed by atoms with Crippen molar-refractivity contribution < 1.29 is 14.3 Å². The van der Waals surface area contributed by atoms with Crippen LogP contribution in [0.25, 0.3) is 0 Å². The van der Waals surface area contributed by atoms with Crippen molar-refractivity contribution in [2.45, 2.75) is 58.1 Å². The van der Waals surface area contributed by atoms with Crippen molar-refractivity contribution >= 4 is 24.2 Å². The molecule has 4 nitrogen and oxygen atoms in total. The van der Waals surface area contributed by atoms with Gasteiger partial charge in [0.05, 0.1) is 6.10 Å². The summed E-state index contributed by atoms with van der Waals surface area (Å²) in [5.74, 6) is -0.778. The molecule has 100 valence electrons. The Morgan fingerprint density at radius 3 is 2.18 bits per heavy atom. The first-order chi connectivity index (χ1) is 7.52. The molecule has 0 aromatic rings. The van der Waals surface area contributed by atoms with E-state index in [1.54, 1.807) is 13.8 Å². The third kappa shape index (κ3) is 5.04. The fraction of sp³-hybridized carbons (Fsp3) is 0.833. The summed E-state index contributed by atoms with van der Waals surface area (Å²) in [7, 11) is 0. The number of esters is 1. The maximum atomic E-state index is 11.9. The summed E-state index contributed by atoms with van der Waals surface area (Å²) in [4.78, 5) is 23.4. The summed E-state index contributed by atoms with van der Waals surface area (Å²) >= 11 is 0. The quantitative estimate of drug-likeness (QED) is 0.621.